The SMILES string of the molecule is C[C@@H]1CN(C(C)(C)C(=C(C#N)C(=O)N2CCCCC2)n2cnc3cnccc32)C[C@H](C)N1. The molecule has 1 N–H and O–H groups in total. The Hall–Kier alpha value is -2.76. The molecule has 4 heterocycles. The number of amides is 1. The number of piperazine rings is 1. The molecule has 4 rings (SSSR count). The van der Waals surface area contributed by atoms with Gasteiger partial charge in [-0.2, -0.15) is 5.26 Å². The Bertz CT molecular complexity index is 1050. The first-order chi connectivity index (χ1) is 15.3. The van der Waals surface area contributed by atoms with Crippen LogP contribution in [0, 0.1) is 11.3 Å². The molecule has 0 bridgehead atoms. The molecule has 2 aromatic heterocycles. The molecule has 0 saturated carbocycles. The van der Waals surface area contributed by atoms with Crippen molar-refractivity contribution in [1.82, 2.24) is 29.7 Å². The summed E-state index contributed by atoms with van der Waals surface area (Å²) >= 11 is 0. The van der Waals surface area contributed by atoms with Crippen molar-refractivity contribution >= 4 is 22.6 Å². The fourth-order valence-electron chi connectivity index (χ4n) is 5.15. The number of likely N-dealkylation sites (tertiary alicyclic amines) is 1. The highest BCUT2D eigenvalue weighted by atomic mass is 16.2. The molecule has 170 valence electrons. The van der Waals surface area contributed by atoms with E-state index in [1.54, 1.807) is 18.7 Å². The van der Waals surface area contributed by atoms with Crippen LogP contribution in [0.15, 0.2) is 30.4 Å². The molecule has 2 atom stereocenters. The molecule has 8 heteroatoms. The highest BCUT2D eigenvalue weighted by Gasteiger charge is 2.40. The third-order valence-corrected chi connectivity index (χ3v) is 6.72. The molecule has 32 heavy (non-hydrogen) atoms. The Morgan fingerprint density at radius 3 is 2.53 bits per heavy atom. The summed E-state index contributed by atoms with van der Waals surface area (Å²) in [6.07, 6.45) is 8.25. The Morgan fingerprint density at radius 1 is 1.19 bits per heavy atom. The summed E-state index contributed by atoms with van der Waals surface area (Å²) in [5, 5.41) is 13.9. The molecule has 2 fully saturated rings. The number of carbonyl (C=O) groups excluding carboxylic acids is 1. The largest absolute Gasteiger partial charge is 0.338 e. The van der Waals surface area contributed by atoms with Crippen molar-refractivity contribution < 1.29 is 4.79 Å². The standard InChI is InChI=1S/C24H33N7O/c1-17-14-30(15-18(2)28-17)24(3,4)22(31-16-27-20-13-26-9-8-21(20)31)19(12-25)23(32)29-10-6-5-7-11-29/h8-9,13,16-18,28H,5-7,10-11,14-15H2,1-4H3/t17-,18+. The molecule has 0 aliphatic carbocycles. The Morgan fingerprint density at radius 2 is 1.88 bits per heavy atom. The summed E-state index contributed by atoms with van der Waals surface area (Å²) < 4.78 is 1.93. The van der Waals surface area contributed by atoms with Crippen molar-refractivity contribution in [2.24, 2.45) is 0 Å². The van der Waals surface area contributed by atoms with Crippen molar-refractivity contribution in [1.29, 1.82) is 5.26 Å². The van der Waals surface area contributed by atoms with Crippen LogP contribution in [0.25, 0.3) is 16.7 Å². The van der Waals surface area contributed by atoms with Crippen molar-refractivity contribution in [3.05, 3.63) is 30.4 Å². The van der Waals surface area contributed by atoms with E-state index in [0.717, 1.165) is 43.4 Å². The second kappa shape index (κ2) is 9.00. The van der Waals surface area contributed by atoms with Gasteiger partial charge >= 0.3 is 0 Å². The maximum absolute atomic E-state index is 13.6. The Labute approximate surface area is 189 Å². The molecule has 0 radical (unpaired) electrons. The van der Waals surface area contributed by atoms with Gasteiger partial charge in [0.2, 0.25) is 0 Å². The smallest absolute Gasteiger partial charge is 0.266 e. The fraction of sp³-hybridized carbons (Fsp3) is 0.583. The van der Waals surface area contributed by atoms with Crippen molar-refractivity contribution in [3.63, 3.8) is 0 Å². The third kappa shape index (κ3) is 4.15. The van der Waals surface area contributed by atoms with Gasteiger partial charge in [0.1, 0.15) is 23.5 Å². The third-order valence-electron chi connectivity index (χ3n) is 6.72. The van der Waals surface area contributed by atoms with E-state index in [4.69, 9.17) is 0 Å². The van der Waals surface area contributed by atoms with Crippen LogP contribution in [0.3, 0.4) is 0 Å². The van der Waals surface area contributed by atoms with Crippen LogP contribution < -0.4 is 5.32 Å². The number of carbonyl (C=O) groups is 1. The molecule has 2 saturated heterocycles. The number of hydrogen-bond donors (Lipinski definition) is 1. The molecule has 8 nitrogen and oxygen atoms in total. The zero-order valence-electron chi connectivity index (χ0n) is 19.5. The summed E-state index contributed by atoms with van der Waals surface area (Å²) in [5.41, 5.74) is 1.90. The number of imidazole rings is 1. The number of fused-ring (bicyclic) bond motifs is 1. The first-order valence-electron chi connectivity index (χ1n) is 11.6. The van der Waals surface area contributed by atoms with E-state index < -0.39 is 5.54 Å². The second-order valence-corrected chi connectivity index (χ2v) is 9.60. The molecule has 2 aliphatic rings. The molecular weight excluding hydrogens is 402 g/mol. The number of rotatable bonds is 4. The highest BCUT2D eigenvalue weighted by molar-refractivity contribution is 6.04. The number of nitriles is 1. The van der Waals surface area contributed by atoms with Gasteiger partial charge in [-0.25, -0.2) is 4.98 Å². The topological polar surface area (TPSA) is 90.1 Å². The maximum Gasteiger partial charge on any atom is 0.266 e. The molecule has 1 amide bonds. The fourth-order valence-corrected chi connectivity index (χ4v) is 5.15. The summed E-state index contributed by atoms with van der Waals surface area (Å²) in [6, 6.07) is 4.82. The molecule has 2 aromatic rings. The Balaban J connectivity index is 1.89. The molecule has 0 unspecified atom stereocenters. The van der Waals surface area contributed by atoms with Crippen LogP contribution in [0.2, 0.25) is 0 Å². The molecule has 0 spiro atoms. The van der Waals surface area contributed by atoms with Crippen LogP contribution in [0.1, 0.15) is 47.0 Å². The van der Waals surface area contributed by atoms with Crippen molar-refractivity contribution in [3.8, 4) is 6.07 Å². The average Bonchev–Trinajstić information content (AvgIpc) is 3.20. The minimum Gasteiger partial charge on any atom is -0.338 e. The van der Waals surface area contributed by atoms with Gasteiger partial charge in [0.15, 0.2) is 0 Å². The van der Waals surface area contributed by atoms with Crippen molar-refractivity contribution in [2.75, 3.05) is 26.2 Å². The van der Waals surface area contributed by atoms with Crippen LogP contribution in [-0.4, -0.2) is 74.0 Å². The molecule has 0 aromatic carbocycles. The van der Waals surface area contributed by atoms with E-state index in [2.05, 4.69) is 53.9 Å². The maximum atomic E-state index is 13.6. The minimum atomic E-state index is -0.571. The van der Waals surface area contributed by atoms with Gasteiger partial charge in [-0.1, -0.05) is 0 Å². The van der Waals surface area contributed by atoms with Crippen molar-refractivity contribution in [2.45, 2.75) is 64.6 Å². The zero-order valence-corrected chi connectivity index (χ0v) is 19.5. The molecule has 2 aliphatic heterocycles. The van der Waals surface area contributed by atoms with E-state index >= 15 is 0 Å². The quantitative estimate of drug-likeness (QED) is 0.587. The summed E-state index contributed by atoms with van der Waals surface area (Å²) in [5.74, 6) is -0.178. The monoisotopic (exact) mass is 435 g/mol. The number of nitrogens with one attached hydrogen (secondary N) is 1. The van der Waals surface area contributed by atoms with E-state index in [-0.39, 0.29) is 11.5 Å². The second-order valence-electron chi connectivity index (χ2n) is 9.60. The van der Waals surface area contributed by atoms with E-state index in [9.17, 15) is 10.1 Å². The zero-order chi connectivity index (χ0) is 22.9. The van der Waals surface area contributed by atoms with Gasteiger partial charge in [0.05, 0.1) is 22.9 Å². The average molecular weight is 436 g/mol. The van der Waals surface area contributed by atoms with E-state index in [0.29, 0.717) is 30.9 Å². The van der Waals surface area contributed by atoms with Gasteiger partial charge in [0, 0.05) is 44.5 Å². The summed E-state index contributed by atoms with van der Waals surface area (Å²) in [4.78, 5) is 26.5. The van der Waals surface area contributed by atoms with Gasteiger partial charge < -0.3 is 10.2 Å². The van der Waals surface area contributed by atoms with E-state index in [1.165, 1.54) is 0 Å². The predicted molar refractivity (Wildman–Crippen MR) is 124 cm³/mol. The van der Waals surface area contributed by atoms with Gasteiger partial charge in [-0.05, 0) is 53.0 Å². The lowest BCUT2D eigenvalue weighted by Crippen LogP contribution is -2.61. The summed E-state index contributed by atoms with van der Waals surface area (Å²) in [7, 11) is 0. The van der Waals surface area contributed by atoms with Gasteiger partial charge in [0.25, 0.3) is 5.91 Å². The summed E-state index contributed by atoms with van der Waals surface area (Å²) in [6.45, 7) is 11.6. The van der Waals surface area contributed by atoms with Crippen LogP contribution in [-0.2, 0) is 4.79 Å². The number of pyridine rings is 1. The molecular formula is C24H33N7O. The lowest BCUT2D eigenvalue weighted by Gasteiger charge is -2.47. The highest BCUT2D eigenvalue weighted by Crippen LogP contribution is 2.35. The predicted octanol–water partition coefficient (Wildman–Crippen LogP) is 2.64. The van der Waals surface area contributed by atoms with Crippen LogP contribution in [0.4, 0.5) is 0 Å². The number of piperidine rings is 1. The van der Waals surface area contributed by atoms with Crippen LogP contribution in [0.5, 0.6) is 0 Å². The first-order valence-corrected chi connectivity index (χ1v) is 11.6. The van der Waals surface area contributed by atoms with E-state index in [1.807, 2.05) is 15.5 Å². The minimum absolute atomic E-state index is 0.178. The number of nitrogens with zero attached hydrogens (tertiary/aromatic N) is 6. The van der Waals surface area contributed by atoms with Gasteiger partial charge in [-0.15, -0.1) is 0 Å². The van der Waals surface area contributed by atoms with Gasteiger partial charge in [-0.3, -0.25) is 19.2 Å². The normalized spacial score (nSPS) is 23.7. The van der Waals surface area contributed by atoms with Crippen LogP contribution >= 0.6 is 0 Å². The number of hydrogen-bond acceptors (Lipinski definition) is 6. The lowest BCUT2D eigenvalue weighted by atomic mass is 9.90. The first kappa shape index (κ1) is 22.4. The Kier molecular flexibility index (Phi) is 6.31. The lowest BCUT2D eigenvalue weighted by molar-refractivity contribution is -0.127. The number of aromatic nitrogens is 3.